The summed E-state index contributed by atoms with van der Waals surface area (Å²) in [6.07, 6.45) is 7.75. The predicted octanol–water partition coefficient (Wildman–Crippen LogP) is 4.29. The molecule has 1 unspecified atom stereocenters. The molecule has 0 bridgehead atoms. The number of thiophene rings is 1. The molecule has 2 aliphatic rings. The summed E-state index contributed by atoms with van der Waals surface area (Å²) in [5.41, 5.74) is 1.53. The Balaban J connectivity index is 1.38. The zero-order valence-electron chi connectivity index (χ0n) is 11.3. The van der Waals surface area contributed by atoms with Crippen molar-refractivity contribution in [1.82, 2.24) is 5.32 Å². The minimum atomic E-state index is 0.565. The minimum absolute atomic E-state index is 0.565. The quantitative estimate of drug-likeness (QED) is 0.745. The van der Waals surface area contributed by atoms with Gasteiger partial charge in [0.2, 0.25) is 0 Å². The summed E-state index contributed by atoms with van der Waals surface area (Å²) in [4.78, 5) is 1.57. The van der Waals surface area contributed by atoms with Crippen LogP contribution < -0.4 is 5.32 Å². The van der Waals surface area contributed by atoms with Crippen molar-refractivity contribution in [3.05, 3.63) is 20.3 Å². The fourth-order valence-electron chi connectivity index (χ4n) is 2.72. The molecule has 1 fully saturated rings. The molecule has 0 amide bonds. The number of fused-ring (bicyclic) bond motifs is 1. The maximum absolute atomic E-state index is 5.68. The van der Waals surface area contributed by atoms with Crippen LogP contribution in [0.25, 0.3) is 0 Å². The first-order valence-corrected chi connectivity index (χ1v) is 9.03. The molecule has 0 saturated heterocycles. The maximum atomic E-state index is 5.68. The average molecular weight is 344 g/mol. The Morgan fingerprint density at radius 1 is 1.37 bits per heavy atom. The maximum Gasteiger partial charge on any atom is 0.0704 e. The normalized spacial score (nSPS) is 22.5. The lowest BCUT2D eigenvalue weighted by molar-refractivity contribution is 0.121. The summed E-state index contributed by atoms with van der Waals surface area (Å²) in [6, 6.07) is 2.87. The number of nitrogens with one attached hydrogen (secondary N) is 1. The predicted molar refractivity (Wildman–Crippen MR) is 83.9 cm³/mol. The van der Waals surface area contributed by atoms with Crippen LogP contribution in [0, 0.1) is 5.92 Å². The van der Waals surface area contributed by atoms with Crippen LogP contribution in [0.3, 0.4) is 0 Å². The summed E-state index contributed by atoms with van der Waals surface area (Å²) in [5, 5.41) is 3.70. The molecule has 1 N–H and O–H groups in total. The lowest BCUT2D eigenvalue weighted by Crippen LogP contribution is -2.26. The Bertz CT molecular complexity index is 416. The van der Waals surface area contributed by atoms with Gasteiger partial charge in [0, 0.05) is 24.1 Å². The van der Waals surface area contributed by atoms with Crippen LogP contribution in [0.5, 0.6) is 0 Å². The van der Waals surface area contributed by atoms with Crippen molar-refractivity contribution in [1.29, 1.82) is 0 Å². The summed E-state index contributed by atoms with van der Waals surface area (Å²) in [5.74, 6) is 0.886. The highest BCUT2D eigenvalue weighted by molar-refractivity contribution is 9.11. The molecule has 1 heterocycles. The number of aryl methyl sites for hydroxylation is 1. The molecule has 1 aromatic rings. The van der Waals surface area contributed by atoms with Crippen molar-refractivity contribution < 1.29 is 4.74 Å². The smallest absolute Gasteiger partial charge is 0.0704 e. The molecule has 1 aromatic heterocycles. The highest BCUT2D eigenvalue weighted by Crippen LogP contribution is 2.37. The largest absolute Gasteiger partial charge is 0.381 e. The van der Waals surface area contributed by atoms with E-state index in [1.165, 1.54) is 41.5 Å². The molecule has 2 nitrogen and oxygen atoms in total. The van der Waals surface area contributed by atoms with Gasteiger partial charge >= 0.3 is 0 Å². The van der Waals surface area contributed by atoms with E-state index in [1.54, 1.807) is 4.88 Å². The van der Waals surface area contributed by atoms with E-state index in [0.29, 0.717) is 6.04 Å². The molecule has 2 aliphatic carbocycles. The monoisotopic (exact) mass is 343 g/mol. The van der Waals surface area contributed by atoms with Crippen molar-refractivity contribution in [2.45, 2.75) is 44.6 Å². The van der Waals surface area contributed by atoms with E-state index in [-0.39, 0.29) is 0 Å². The van der Waals surface area contributed by atoms with Crippen LogP contribution in [0.4, 0.5) is 0 Å². The number of ether oxygens (including phenoxy) is 1. The third-order valence-corrected chi connectivity index (χ3v) is 5.70. The van der Waals surface area contributed by atoms with Crippen LogP contribution in [0.2, 0.25) is 0 Å². The van der Waals surface area contributed by atoms with Gasteiger partial charge in [0.05, 0.1) is 3.79 Å². The topological polar surface area (TPSA) is 21.3 Å². The van der Waals surface area contributed by atoms with Gasteiger partial charge in [0.1, 0.15) is 0 Å². The number of rotatable bonds is 7. The van der Waals surface area contributed by atoms with Crippen molar-refractivity contribution in [2.75, 3.05) is 19.8 Å². The molecular formula is C15H22BrNOS. The first-order valence-electron chi connectivity index (χ1n) is 7.42. The Kier molecular flexibility index (Phi) is 4.96. The minimum Gasteiger partial charge on any atom is -0.381 e. The first kappa shape index (κ1) is 14.1. The van der Waals surface area contributed by atoms with Crippen molar-refractivity contribution in [3.63, 3.8) is 0 Å². The first-order chi connectivity index (χ1) is 9.33. The highest BCUT2D eigenvalue weighted by atomic mass is 79.9. The second-order valence-electron chi connectivity index (χ2n) is 5.70. The second kappa shape index (κ2) is 6.70. The van der Waals surface area contributed by atoms with Crippen LogP contribution in [0.15, 0.2) is 9.85 Å². The fraction of sp³-hybridized carbons (Fsp3) is 0.733. The van der Waals surface area contributed by atoms with Crippen molar-refractivity contribution >= 4 is 27.3 Å². The third-order valence-electron chi connectivity index (χ3n) is 3.99. The summed E-state index contributed by atoms with van der Waals surface area (Å²) in [7, 11) is 0. The SMILES string of the molecule is Brc1cc2c(s1)CCCC2NCCCOCC1CC1. The molecule has 0 spiro atoms. The van der Waals surface area contributed by atoms with E-state index in [9.17, 15) is 0 Å². The van der Waals surface area contributed by atoms with Gasteiger partial charge in [-0.3, -0.25) is 0 Å². The van der Waals surface area contributed by atoms with Crippen molar-refractivity contribution in [3.8, 4) is 0 Å². The van der Waals surface area contributed by atoms with Gasteiger partial charge in [-0.2, -0.15) is 0 Å². The summed E-state index contributed by atoms with van der Waals surface area (Å²) < 4.78 is 6.95. The molecule has 0 aromatic carbocycles. The van der Waals surface area contributed by atoms with Gasteiger partial charge in [0.15, 0.2) is 0 Å². The zero-order chi connectivity index (χ0) is 13.1. The fourth-order valence-corrected chi connectivity index (χ4v) is 4.54. The summed E-state index contributed by atoms with van der Waals surface area (Å²) >= 11 is 5.52. The molecule has 19 heavy (non-hydrogen) atoms. The van der Waals surface area contributed by atoms with Crippen LogP contribution in [-0.4, -0.2) is 19.8 Å². The highest BCUT2D eigenvalue weighted by Gasteiger charge is 2.22. The van der Waals surface area contributed by atoms with E-state index in [0.717, 1.165) is 32.1 Å². The molecule has 0 radical (unpaired) electrons. The van der Waals surface area contributed by atoms with E-state index < -0.39 is 0 Å². The van der Waals surface area contributed by atoms with Gasteiger partial charge in [-0.15, -0.1) is 11.3 Å². The van der Waals surface area contributed by atoms with Crippen LogP contribution in [-0.2, 0) is 11.2 Å². The van der Waals surface area contributed by atoms with E-state index in [4.69, 9.17) is 4.74 Å². The lowest BCUT2D eigenvalue weighted by atomic mass is 9.94. The van der Waals surface area contributed by atoms with Crippen molar-refractivity contribution in [2.24, 2.45) is 5.92 Å². The Labute approximate surface area is 128 Å². The molecule has 106 valence electrons. The van der Waals surface area contributed by atoms with Gasteiger partial charge in [-0.25, -0.2) is 0 Å². The molecule has 0 aliphatic heterocycles. The van der Waals surface area contributed by atoms with E-state index in [2.05, 4.69) is 27.3 Å². The average Bonchev–Trinajstić information content (AvgIpc) is 3.13. The number of hydrogen-bond donors (Lipinski definition) is 1. The van der Waals surface area contributed by atoms with Gasteiger partial charge in [0.25, 0.3) is 0 Å². The third kappa shape index (κ3) is 4.03. The second-order valence-corrected chi connectivity index (χ2v) is 8.22. The van der Waals surface area contributed by atoms with Crippen LogP contribution in [0.1, 0.15) is 48.6 Å². The molecule has 1 atom stereocenters. The van der Waals surface area contributed by atoms with E-state index in [1.807, 2.05) is 11.3 Å². The molecule has 3 rings (SSSR count). The van der Waals surface area contributed by atoms with Gasteiger partial charge in [-0.1, -0.05) is 0 Å². The Morgan fingerprint density at radius 2 is 2.26 bits per heavy atom. The molecule has 4 heteroatoms. The van der Waals surface area contributed by atoms with E-state index >= 15 is 0 Å². The Morgan fingerprint density at radius 3 is 3.11 bits per heavy atom. The number of hydrogen-bond acceptors (Lipinski definition) is 3. The molecular weight excluding hydrogens is 322 g/mol. The van der Waals surface area contributed by atoms with Gasteiger partial charge < -0.3 is 10.1 Å². The van der Waals surface area contributed by atoms with Gasteiger partial charge in [-0.05, 0) is 78.5 Å². The zero-order valence-corrected chi connectivity index (χ0v) is 13.7. The Hall–Kier alpha value is 0.1000. The molecule has 1 saturated carbocycles. The van der Waals surface area contributed by atoms with Crippen LogP contribution >= 0.6 is 27.3 Å². The lowest BCUT2D eigenvalue weighted by Gasteiger charge is -2.23. The standard InChI is InChI=1S/C15H22BrNOS/c16-15-9-12-13(3-1-4-14(12)19-15)17-7-2-8-18-10-11-5-6-11/h9,11,13,17H,1-8,10H2. The summed E-state index contributed by atoms with van der Waals surface area (Å²) in [6.45, 7) is 2.98. The number of halogens is 1.